The van der Waals surface area contributed by atoms with E-state index < -0.39 is 10.7 Å². The summed E-state index contributed by atoms with van der Waals surface area (Å²) in [5, 5.41) is 10.7. The normalized spacial score (nSPS) is 10.3. The fourth-order valence-corrected chi connectivity index (χ4v) is 1.82. The molecule has 20 heavy (non-hydrogen) atoms. The van der Waals surface area contributed by atoms with Crippen LogP contribution in [-0.4, -0.2) is 4.92 Å². The van der Waals surface area contributed by atoms with Crippen LogP contribution in [0, 0.1) is 22.9 Å². The van der Waals surface area contributed by atoms with Crippen molar-refractivity contribution in [2.75, 3.05) is 5.73 Å². The summed E-state index contributed by atoms with van der Waals surface area (Å²) in [6, 6.07) is 8.52. The van der Waals surface area contributed by atoms with Gasteiger partial charge in [0.2, 0.25) is 0 Å². The summed E-state index contributed by atoms with van der Waals surface area (Å²) >= 11 is 0. The van der Waals surface area contributed by atoms with Crippen LogP contribution < -0.4 is 10.5 Å². The van der Waals surface area contributed by atoms with Gasteiger partial charge in [0.25, 0.3) is 5.69 Å². The largest absolute Gasteiger partial charge is 0.489 e. The Balaban J connectivity index is 2.16. The van der Waals surface area contributed by atoms with Crippen LogP contribution >= 0.6 is 0 Å². The van der Waals surface area contributed by atoms with Crippen LogP contribution in [0.3, 0.4) is 0 Å². The SMILES string of the molecule is Cc1cc(N)ccc1OCc1cc(F)cc([N+](=O)[O-])c1. The maximum absolute atomic E-state index is 13.3. The summed E-state index contributed by atoms with van der Waals surface area (Å²) in [5.41, 5.74) is 7.20. The fourth-order valence-electron chi connectivity index (χ4n) is 1.82. The van der Waals surface area contributed by atoms with Crippen LogP contribution in [0.1, 0.15) is 11.1 Å². The van der Waals surface area contributed by atoms with E-state index in [4.69, 9.17) is 10.5 Å². The molecule has 2 rings (SSSR count). The first kappa shape index (κ1) is 13.8. The molecule has 2 N–H and O–H groups in total. The van der Waals surface area contributed by atoms with E-state index >= 15 is 0 Å². The van der Waals surface area contributed by atoms with Crippen molar-refractivity contribution in [3.8, 4) is 5.75 Å². The van der Waals surface area contributed by atoms with Gasteiger partial charge in [-0.15, -0.1) is 0 Å². The molecule has 0 aliphatic carbocycles. The molecule has 0 heterocycles. The zero-order valence-electron chi connectivity index (χ0n) is 10.8. The van der Waals surface area contributed by atoms with Crippen molar-refractivity contribution < 1.29 is 14.1 Å². The molecule has 2 aromatic rings. The van der Waals surface area contributed by atoms with Gasteiger partial charge in [0, 0.05) is 11.8 Å². The molecule has 0 spiro atoms. The first-order valence-electron chi connectivity index (χ1n) is 5.88. The number of anilines is 1. The number of nitro groups is 1. The highest BCUT2D eigenvalue weighted by Crippen LogP contribution is 2.22. The number of nitrogens with two attached hydrogens (primary N) is 1. The quantitative estimate of drug-likeness (QED) is 0.528. The van der Waals surface area contributed by atoms with Crippen molar-refractivity contribution in [3.05, 3.63) is 63.5 Å². The number of rotatable bonds is 4. The van der Waals surface area contributed by atoms with Crippen LogP contribution in [0.25, 0.3) is 0 Å². The zero-order chi connectivity index (χ0) is 14.7. The third-order valence-electron chi connectivity index (χ3n) is 2.75. The van der Waals surface area contributed by atoms with Crippen LogP contribution in [0.4, 0.5) is 15.8 Å². The predicted molar refractivity (Wildman–Crippen MR) is 73.0 cm³/mol. The number of nitro benzene ring substituents is 1. The Labute approximate surface area is 114 Å². The molecule has 2 aromatic carbocycles. The van der Waals surface area contributed by atoms with Crippen molar-refractivity contribution in [1.29, 1.82) is 0 Å². The molecule has 0 bridgehead atoms. The van der Waals surface area contributed by atoms with Crippen LogP contribution in [-0.2, 0) is 6.61 Å². The Bertz CT molecular complexity index is 659. The molecule has 0 aliphatic heterocycles. The third kappa shape index (κ3) is 3.23. The fraction of sp³-hybridized carbons (Fsp3) is 0.143. The smallest absolute Gasteiger partial charge is 0.272 e. The van der Waals surface area contributed by atoms with Crippen molar-refractivity contribution >= 4 is 11.4 Å². The van der Waals surface area contributed by atoms with Gasteiger partial charge in [-0.2, -0.15) is 0 Å². The van der Waals surface area contributed by atoms with Crippen LogP contribution in [0.5, 0.6) is 5.75 Å². The lowest BCUT2D eigenvalue weighted by molar-refractivity contribution is -0.385. The summed E-state index contributed by atoms with van der Waals surface area (Å²) in [6.45, 7) is 1.88. The molecule has 0 saturated heterocycles. The van der Waals surface area contributed by atoms with Crippen molar-refractivity contribution in [3.63, 3.8) is 0 Å². The van der Waals surface area contributed by atoms with Gasteiger partial charge in [-0.1, -0.05) is 0 Å². The molecule has 0 fully saturated rings. The number of aryl methyl sites for hydroxylation is 1. The van der Waals surface area contributed by atoms with Gasteiger partial charge >= 0.3 is 0 Å². The van der Waals surface area contributed by atoms with Gasteiger partial charge in [0.05, 0.1) is 11.0 Å². The number of non-ortho nitro benzene ring substituents is 1. The van der Waals surface area contributed by atoms with E-state index in [2.05, 4.69) is 0 Å². The van der Waals surface area contributed by atoms with Gasteiger partial charge in [-0.3, -0.25) is 10.1 Å². The first-order valence-corrected chi connectivity index (χ1v) is 5.88. The number of ether oxygens (including phenoxy) is 1. The lowest BCUT2D eigenvalue weighted by atomic mass is 10.2. The van der Waals surface area contributed by atoms with Gasteiger partial charge in [-0.25, -0.2) is 4.39 Å². The number of hydrogen-bond acceptors (Lipinski definition) is 4. The van der Waals surface area contributed by atoms with Crippen LogP contribution in [0.2, 0.25) is 0 Å². The molecular formula is C14H13FN2O3. The van der Waals surface area contributed by atoms with Crippen LogP contribution in [0.15, 0.2) is 36.4 Å². The molecule has 0 aliphatic rings. The highest BCUT2D eigenvalue weighted by molar-refractivity contribution is 5.47. The van der Waals surface area contributed by atoms with Gasteiger partial charge < -0.3 is 10.5 Å². The Morgan fingerprint density at radius 2 is 2.05 bits per heavy atom. The van der Waals surface area contributed by atoms with Crippen molar-refractivity contribution in [2.45, 2.75) is 13.5 Å². The minimum atomic E-state index is -0.660. The second kappa shape index (κ2) is 5.56. The van der Waals surface area contributed by atoms with E-state index in [0.717, 1.165) is 11.6 Å². The van der Waals surface area contributed by atoms with E-state index in [1.54, 1.807) is 18.2 Å². The van der Waals surface area contributed by atoms with E-state index in [0.29, 0.717) is 17.0 Å². The Hall–Kier alpha value is -2.63. The number of nitrogens with zero attached hydrogens (tertiary/aromatic N) is 1. The summed E-state index contributed by atoms with van der Waals surface area (Å²) < 4.78 is 18.8. The monoisotopic (exact) mass is 276 g/mol. The molecule has 5 nitrogen and oxygen atoms in total. The molecule has 0 amide bonds. The lowest BCUT2D eigenvalue weighted by Gasteiger charge is -2.09. The highest BCUT2D eigenvalue weighted by Gasteiger charge is 2.10. The Kier molecular flexibility index (Phi) is 3.84. The molecule has 6 heteroatoms. The molecule has 0 saturated carbocycles. The summed E-state index contributed by atoms with van der Waals surface area (Å²) in [7, 11) is 0. The maximum atomic E-state index is 13.3. The zero-order valence-corrected chi connectivity index (χ0v) is 10.8. The summed E-state index contributed by atoms with van der Waals surface area (Å²) in [4.78, 5) is 10.0. The van der Waals surface area contributed by atoms with Gasteiger partial charge in [-0.05, 0) is 42.3 Å². The molecule has 0 atom stereocenters. The maximum Gasteiger partial charge on any atom is 0.272 e. The topological polar surface area (TPSA) is 78.4 Å². The molecule has 0 aromatic heterocycles. The van der Waals surface area contributed by atoms with Crippen molar-refractivity contribution in [1.82, 2.24) is 0 Å². The molecule has 104 valence electrons. The number of benzene rings is 2. The standard InChI is InChI=1S/C14H13FN2O3/c1-9-4-12(16)2-3-14(9)20-8-10-5-11(15)7-13(6-10)17(18)19/h2-7H,8,16H2,1H3. The summed E-state index contributed by atoms with van der Waals surface area (Å²) in [6.07, 6.45) is 0. The first-order chi connectivity index (χ1) is 9.45. The van der Waals surface area contributed by atoms with Gasteiger partial charge in [0.15, 0.2) is 0 Å². The highest BCUT2D eigenvalue weighted by atomic mass is 19.1. The average molecular weight is 276 g/mol. The molecular weight excluding hydrogens is 263 g/mol. The van der Waals surface area contributed by atoms with E-state index in [1.165, 1.54) is 12.1 Å². The second-order valence-electron chi connectivity index (χ2n) is 4.39. The van der Waals surface area contributed by atoms with E-state index in [-0.39, 0.29) is 12.3 Å². The molecule has 0 unspecified atom stereocenters. The summed E-state index contributed by atoms with van der Waals surface area (Å²) in [5.74, 6) is -0.0575. The lowest BCUT2D eigenvalue weighted by Crippen LogP contribution is -2.00. The minimum Gasteiger partial charge on any atom is -0.489 e. The van der Waals surface area contributed by atoms with E-state index in [1.807, 2.05) is 6.92 Å². The average Bonchev–Trinajstić information content (AvgIpc) is 2.37. The predicted octanol–water partition coefficient (Wildman–Crippen LogP) is 3.20. The van der Waals surface area contributed by atoms with E-state index in [9.17, 15) is 14.5 Å². The Morgan fingerprint density at radius 3 is 2.70 bits per heavy atom. The second-order valence-corrected chi connectivity index (χ2v) is 4.39. The number of hydrogen-bond donors (Lipinski definition) is 1. The number of nitrogen functional groups attached to an aromatic ring is 1. The van der Waals surface area contributed by atoms with Gasteiger partial charge in [0.1, 0.15) is 18.2 Å². The minimum absolute atomic E-state index is 0.0450. The number of halogens is 1. The third-order valence-corrected chi connectivity index (χ3v) is 2.75. The molecule has 0 radical (unpaired) electrons. The Morgan fingerprint density at radius 1 is 1.30 bits per heavy atom. The van der Waals surface area contributed by atoms with Crippen molar-refractivity contribution in [2.24, 2.45) is 0 Å².